The van der Waals surface area contributed by atoms with Gasteiger partial charge in [-0.2, -0.15) is 5.26 Å². The smallest absolute Gasteiger partial charge is 0.123 e. The SMILES string of the molecule is CC1(c2nc3ccc(C#N)cc3[nH]2)CCCS1. The number of nitriles is 1. The Balaban J connectivity index is 2.10. The second kappa shape index (κ2) is 3.78. The summed E-state index contributed by atoms with van der Waals surface area (Å²) in [5.74, 6) is 2.25. The highest BCUT2D eigenvalue weighted by atomic mass is 32.2. The minimum atomic E-state index is 0.117. The van der Waals surface area contributed by atoms with Crippen molar-refractivity contribution in [3.05, 3.63) is 29.6 Å². The number of benzene rings is 1. The van der Waals surface area contributed by atoms with E-state index in [0.717, 1.165) is 16.9 Å². The fourth-order valence-electron chi connectivity index (χ4n) is 2.30. The van der Waals surface area contributed by atoms with Gasteiger partial charge in [-0.15, -0.1) is 11.8 Å². The molecule has 86 valence electrons. The number of nitrogens with zero attached hydrogens (tertiary/aromatic N) is 2. The molecular weight excluding hydrogens is 230 g/mol. The van der Waals surface area contributed by atoms with E-state index in [2.05, 4.69) is 23.0 Å². The molecule has 1 saturated heterocycles. The minimum absolute atomic E-state index is 0.117. The molecule has 1 aromatic carbocycles. The summed E-state index contributed by atoms with van der Waals surface area (Å²) in [5, 5.41) is 8.88. The largest absolute Gasteiger partial charge is 0.341 e. The highest BCUT2D eigenvalue weighted by Crippen LogP contribution is 2.45. The monoisotopic (exact) mass is 243 g/mol. The van der Waals surface area contributed by atoms with Crippen LogP contribution in [0.5, 0.6) is 0 Å². The molecule has 1 aromatic heterocycles. The Morgan fingerprint density at radius 1 is 1.53 bits per heavy atom. The number of fused-ring (bicyclic) bond motifs is 1. The summed E-state index contributed by atoms with van der Waals surface area (Å²) in [6.45, 7) is 2.24. The van der Waals surface area contributed by atoms with Gasteiger partial charge in [0.25, 0.3) is 0 Å². The van der Waals surface area contributed by atoms with Gasteiger partial charge in [-0.25, -0.2) is 4.98 Å². The molecule has 1 unspecified atom stereocenters. The predicted octanol–water partition coefficient (Wildman–Crippen LogP) is 3.18. The van der Waals surface area contributed by atoms with Gasteiger partial charge in [-0.1, -0.05) is 0 Å². The van der Waals surface area contributed by atoms with Crippen molar-refractivity contribution < 1.29 is 0 Å². The molecule has 0 amide bonds. The van der Waals surface area contributed by atoms with Gasteiger partial charge in [0.05, 0.1) is 27.4 Å². The number of aromatic nitrogens is 2. The number of nitrogens with one attached hydrogen (secondary N) is 1. The number of thioether (sulfide) groups is 1. The van der Waals surface area contributed by atoms with Gasteiger partial charge in [0.2, 0.25) is 0 Å². The van der Waals surface area contributed by atoms with Crippen molar-refractivity contribution in [1.82, 2.24) is 9.97 Å². The first-order chi connectivity index (χ1) is 8.21. The lowest BCUT2D eigenvalue weighted by Gasteiger charge is -2.18. The lowest BCUT2D eigenvalue weighted by Crippen LogP contribution is -2.14. The molecule has 17 heavy (non-hydrogen) atoms. The number of hydrogen-bond acceptors (Lipinski definition) is 3. The number of imidazole rings is 1. The first-order valence-corrected chi connectivity index (χ1v) is 6.74. The second-order valence-electron chi connectivity index (χ2n) is 4.61. The zero-order valence-electron chi connectivity index (χ0n) is 9.66. The minimum Gasteiger partial charge on any atom is -0.341 e. The normalized spacial score (nSPS) is 24.0. The molecule has 0 aliphatic carbocycles. The Morgan fingerprint density at radius 3 is 3.12 bits per heavy atom. The summed E-state index contributed by atoms with van der Waals surface area (Å²) in [6.07, 6.45) is 2.42. The number of H-pyrrole nitrogens is 1. The molecule has 3 nitrogen and oxygen atoms in total. The van der Waals surface area contributed by atoms with Gasteiger partial charge in [0.1, 0.15) is 5.82 Å². The molecule has 3 rings (SSSR count). The molecule has 0 spiro atoms. The molecule has 4 heteroatoms. The summed E-state index contributed by atoms with van der Waals surface area (Å²) >= 11 is 1.96. The number of hydrogen-bond donors (Lipinski definition) is 1. The lowest BCUT2D eigenvalue weighted by atomic mass is 10.1. The first kappa shape index (κ1) is 10.7. The Bertz CT molecular complexity index is 603. The molecule has 0 radical (unpaired) electrons. The molecule has 1 N–H and O–H groups in total. The first-order valence-electron chi connectivity index (χ1n) is 5.76. The summed E-state index contributed by atoms with van der Waals surface area (Å²) in [7, 11) is 0. The van der Waals surface area contributed by atoms with Crippen LogP contribution in [-0.4, -0.2) is 15.7 Å². The third-order valence-electron chi connectivity index (χ3n) is 3.33. The average molecular weight is 243 g/mol. The van der Waals surface area contributed by atoms with Crippen molar-refractivity contribution in [2.75, 3.05) is 5.75 Å². The van der Waals surface area contributed by atoms with Crippen LogP contribution in [0.15, 0.2) is 18.2 Å². The van der Waals surface area contributed by atoms with Crippen LogP contribution >= 0.6 is 11.8 Å². The molecule has 0 bridgehead atoms. The molecule has 0 saturated carbocycles. The molecular formula is C13H13N3S. The molecule has 1 atom stereocenters. The number of rotatable bonds is 1. The Labute approximate surface area is 104 Å². The Kier molecular flexibility index (Phi) is 2.37. The van der Waals surface area contributed by atoms with E-state index in [1.165, 1.54) is 18.6 Å². The Hall–Kier alpha value is -1.47. The molecule has 2 heterocycles. The van der Waals surface area contributed by atoms with E-state index in [1.54, 1.807) is 0 Å². The van der Waals surface area contributed by atoms with Gasteiger partial charge in [-0.05, 0) is 43.7 Å². The summed E-state index contributed by atoms with van der Waals surface area (Å²) < 4.78 is 0.117. The van der Waals surface area contributed by atoms with Crippen molar-refractivity contribution in [2.24, 2.45) is 0 Å². The van der Waals surface area contributed by atoms with E-state index in [0.29, 0.717) is 5.56 Å². The highest BCUT2D eigenvalue weighted by molar-refractivity contribution is 8.00. The van der Waals surface area contributed by atoms with Crippen molar-refractivity contribution >= 4 is 22.8 Å². The maximum absolute atomic E-state index is 8.88. The second-order valence-corrected chi connectivity index (χ2v) is 6.21. The highest BCUT2D eigenvalue weighted by Gasteiger charge is 2.34. The predicted molar refractivity (Wildman–Crippen MR) is 69.9 cm³/mol. The van der Waals surface area contributed by atoms with Gasteiger partial charge in [0, 0.05) is 0 Å². The van der Waals surface area contributed by atoms with E-state index in [1.807, 2.05) is 30.0 Å². The van der Waals surface area contributed by atoms with E-state index < -0.39 is 0 Å². The topological polar surface area (TPSA) is 52.5 Å². The Morgan fingerprint density at radius 2 is 2.41 bits per heavy atom. The molecule has 1 aliphatic heterocycles. The maximum Gasteiger partial charge on any atom is 0.123 e. The van der Waals surface area contributed by atoms with Crippen molar-refractivity contribution in [3.8, 4) is 6.07 Å². The van der Waals surface area contributed by atoms with Crippen LogP contribution in [0.4, 0.5) is 0 Å². The van der Waals surface area contributed by atoms with Crippen LogP contribution < -0.4 is 0 Å². The quantitative estimate of drug-likeness (QED) is 0.837. The van der Waals surface area contributed by atoms with Gasteiger partial charge in [-0.3, -0.25) is 0 Å². The third-order valence-corrected chi connectivity index (χ3v) is 4.86. The molecule has 1 aliphatic rings. The van der Waals surface area contributed by atoms with Crippen LogP contribution in [-0.2, 0) is 4.75 Å². The van der Waals surface area contributed by atoms with Crippen LogP contribution in [0.3, 0.4) is 0 Å². The van der Waals surface area contributed by atoms with Crippen molar-refractivity contribution in [1.29, 1.82) is 5.26 Å². The zero-order chi connectivity index (χ0) is 11.9. The van der Waals surface area contributed by atoms with E-state index >= 15 is 0 Å². The van der Waals surface area contributed by atoms with Crippen LogP contribution in [0.25, 0.3) is 11.0 Å². The standard InChI is InChI=1S/C13H13N3S/c1-13(5-2-6-17-13)12-15-10-4-3-9(8-14)7-11(10)16-12/h3-4,7H,2,5-6H2,1H3,(H,15,16). The summed E-state index contributed by atoms with van der Waals surface area (Å²) in [5.41, 5.74) is 2.59. The van der Waals surface area contributed by atoms with Gasteiger partial charge >= 0.3 is 0 Å². The van der Waals surface area contributed by atoms with E-state index in [4.69, 9.17) is 5.26 Å². The fourth-order valence-corrected chi connectivity index (χ4v) is 3.56. The van der Waals surface area contributed by atoms with E-state index in [-0.39, 0.29) is 4.75 Å². The van der Waals surface area contributed by atoms with Crippen LogP contribution in [0.2, 0.25) is 0 Å². The molecule has 1 fully saturated rings. The van der Waals surface area contributed by atoms with Crippen LogP contribution in [0.1, 0.15) is 31.2 Å². The third kappa shape index (κ3) is 1.71. The van der Waals surface area contributed by atoms with Gasteiger partial charge < -0.3 is 4.98 Å². The summed E-state index contributed by atoms with van der Waals surface area (Å²) in [6, 6.07) is 7.75. The lowest BCUT2D eigenvalue weighted by molar-refractivity contribution is 0.614. The van der Waals surface area contributed by atoms with Crippen molar-refractivity contribution in [2.45, 2.75) is 24.5 Å². The van der Waals surface area contributed by atoms with Gasteiger partial charge in [0.15, 0.2) is 0 Å². The van der Waals surface area contributed by atoms with Crippen molar-refractivity contribution in [3.63, 3.8) is 0 Å². The molecule has 2 aromatic rings. The van der Waals surface area contributed by atoms with Crippen LogP contribution in [0, 0.1) is 11.3 Å². The maximum atomic E-state index is 8.88. The summed E-state index contributed by atoms with van der Waals surface area (Å²) in [4.78, 5) is 8.03. The number of aromatic amines is 1. The van der Waals surface area contributed by atoms with E-state index in [9.17, 15) is 0 Å². The average Bonchev–Trinajstić information content (AvgIpc) is 2.94. The fraction of sp³-hybridized carbons (Fsp3) is 0.385. The zero-order valence-corrected chi connectivity index (χ0v) is 10.5.